The summed E-state index contributed by atoms with van der Waals surface area (Å²) in [4.78, 5) is 3.56. The lowest BCUT2D eigenvalue weighted by molar-refractivity contribution is 0.725. The molecular formula is C12H18N4S. The molecule has 92 valence electrons. The molecule has 0 fully saturated rings. The number of nitrogen functional groups attached to an aromatic ring is 1. The topological polar surface area (TPSA) is 47.1 Å². The summed E-state index contributed by atoms with van der Waals surface area (Å²) in [6.07, 6.45) is 1.04. The van der Waals surface area contributed by atoms with Gasteiger partial charge in [0.2, 0.25) is 0 Å². The minimum Gasteiger partial charge on any atom is -0.394 e. The van der Waals surface area contributed by atoms with Crippen molar-refractivity contribution in [2.24, 2.45) is 7.05 Å². The monoisotopic (exact) mass is 250 g/mol. The van der Waals surface area contributed by atoms with E-state index in [1.54, 1.807) is 11.3 Å². The van der Waals surface area contributed by atoms with Crippen LogP contribution >= 0.6 is 11.3 Å². The maximum Gasteiger partial charge on any atom is 0.150 e. The van der Waals surface area contributed by atoms with Crippen molar-refractivity contribution in [3.05, 3.63) is 28.1 Å². The average molecular weight is 250 g/mol. The summed E-state index contributed by atoms with van der Waals surface area (Å²) in [6, 6.07) is 4.25. The van der Waals surface area contributed by atoms with Gasteiger partial charge in [-0.25, -0.2) is 0 Å². The second-order valence-electron chi connectivity index (χ2n) is 4.20. The van der Waals surface area contributed by atoms with Gasteiger partial charge in [0.25, 0.3) is 0 Å². The highest BCUT2D eigenvalue weighted by molar-refractivity contribution is 7.09. The van der Waals surface area contributed by atoms with Gasteiger partial charge in [0.1, 0.15) is 5.82 Å². The fourth-order valence-electron chi connectivity index (χ4n) is 1.95. The van der Waals surface area contributed by atoms with E-state index in [1.165, 1.54) is 4.88 Å². The lowest BCUT2D eigenvalue weighted by atomic mass is 10.3. The molecular weight excluding hydrogens is 232 g/mol. The molecule has 0 aliphatic heterocycles. The fraction of sp³-hybridized carbons (Fsp3) is 0.417. The Morgan fingerprint density at radius 1 is 1.53 bits per heavy atom. The third kappa shape index (κ3) is 2.44. The molecule has 0 aliphatic rings. The molecule has 0 atom stereocenters. The van der Waals surface area contributed by atoms with Crippen LogP contribution in [-0.4, -0.2) is 23.4 Å². The highest BCUT2D eigenvalue weighted by Gasteiger charge is 2.13. The van der Waals surface area contributed by atoms with Gasteiger partial charge in [-0.15, -0.1) is 11.3 Å². The average Bonchev–Trinajstić information content (AvgIpc) is 2.86. The van der Waals surface area contributed by atoms with E-state index in [9.17, 15) is 0 Å². The molecule has 0 aliphatic carbocycles. The minimum atomic E-state index is 0.779. The van der Waals surface area contributed by atoms with Gasteiger partial charge in [0, 0.05) is 25.5 Å². The Kier molecular flexibility index (Phi) is 3.38. The Bertz CT molecular complexity index is 487. The van der Waals surface area contributed by atoms with Crippen molar-refractivity contribution >= 4 is 22.8 Å². The van der Waals surface area contributed by atoms with Gasteiger partial charge in [-0.1, -0.05) is 6.07 Å². The second-order valence-corrected chi connectivity index (χ2v) is 5.23. The van der Waals surface area contributed by atoms with Crippen molar-refractivity contribution in [2.45, 2.75) is 13.3 Å². The second kappa shape index (κ2) is 4.79. The van der Waals surface area contributed by atoms with Crippen molar-refractivity contribution in [2.75, 3.05) is 24.2 Å². The lowest BCUT2D eigenvalue weighted by Crippen LogP contribution is -2.23. The van der Waals surface area contributed by atoms with Crippen LogP contribution in [-0.2, 0) is 13.5 Å². The smallest absolute Gasteiger partial charge is 0.150 e. The highest BCUT2D eigenvalue weighted by Crippen LogP contribution is 2.24. The quantitative estimate of drug-likeness (QED) is 0.903. The van der Waals surface area contributed by atoms with Crippen LogP contribution in [0.25, 0.3) is 0 Å². The molecule has 2 rings (SSSR count). The zero-order valence-corrected chi connectivity index (χ0v) is 11.3. The molecule has 0 aromatic carbocycles. The van der Waals surface area contributed by atoms with Crippen molar-refractivity contribution < 1.29 is 0 Å². The molecule has 0 radical (unpaired) electrons. The van der Waals surface area contributed by atoms with E-state index >= 15 is 0 Å². The Morgan fingerprint density at radius 2 is 2.29 bits per heavy atom. The van der Waals surface area contributed by atoms with Gasteiger partial charge in [-0.2, -0.15) is 5.10 Å². The standard InChI is InChI=1S/C12H18N4S/c1-9-11(13)12(16(3)14-9)15(2)7-6-10-5-4-8-17-10/h4-5,8H,6-7,13H2,1-3H3. The number of aromatic nitrogens is 2. The normalized spacial score (nSPS) is 10.8. The van der Waals surface area contributed by atoms with Gasteiger partial charge in [-0.3, -0.25) is 4.68 Å². The fourth-order valence-corrected chi connectivity index (χ4v) is 2.65. The Hall–Kier alpha value is -1.49. The summed E-state index contributed by atoms with van der Waals surface area (Å²) >= 11 is 1.79. The predicted octanol–water partition coefficient (Wildman–Crippen LogP) is 2.05. The summed E-state index contributed by atoms with van der Waals surface area (Å²) in [5.74, 6) is 0.999. The largest absolute Gasteiger partial charge is 0.394 e. The zero-order chi connectivity index (χ0) is 12.4. The summed E-state index contributed by atoms with van der Waals surface area (Å²) in [7, 11) is 3.99. The lowest BCUT2D eigenvalue weighted by Gasteiger charge is -2.19. The Labute approximate surface area is 106 Å². The molecule has 2 heterocycles. The van der Waals surface area contributed by atoms with Crippen LogP contribution in [0.4, 0.5) is 11.5 Å². The molecule has 0 saturated carbocycles. The van der Waals surface area contributed by atoms with Crippen molar-refractivity contribution in [1.82, 2.24) is 9.78 Å². The van der Waals surface area contributed by atoms with Crippen LogP contribution in [0.3, 0.4) is 0 Å². The van der Waals surface area contributed by atoms with Crippen molar-refractivity contribution in [3.8, 4) is 0 Å². The number of nitrogens with zero attached hydrogens (tertiary/aromatic N) is 3. The number of hydrogen-bond donors (Lipinski definition) is 1. The third-order valence-electron chi connectivity index (χ3n) is 2.87. The number of thiophene rings is 1. The Balaban J connectivity index is 2.07. The Morgan fingerprint density at radius 3 is 2.82 bits per heavy atom. The number of nitrogens with two attached hydrogens (primary N) is 1. The SMILES string of the molecule is Cc1nn(C)c(N(C)CCc2cccs2)c1N. The van der Waals surface area contributed by atoms with Crippen molar-refractivity contribution in [3.63, 3.8) is 0 Å². The first-order chi connectivity index (χ1) is 8.09. The highest BCUT2D eigenvalue weighted by atomic mass is 32.1. The molecule has 4 nitrogen and oxygen atoms in total. The number of anilines is 2. The molecule has 0 unspecified atom stereocenters. The van der Waals surface area contributed by atoms with Gasteiger partial charge >= 0.3 is 0 Å². The van der Waals surface area contributed by atoms with E-state index in [0.717, 1.165) is 30.2 Å². The van der Waals surface area contributed by atoms with Crippen LogP contribution in [0, 0.1) is 6.92 Å². The van der Waals surface area contributed by atoms with Crippen LogP contribution in [0.5, 0.6) is 0 Å². The molecule has 0 spiro atoms. The number of hydrogen-bond acceptors (Lipinski definition) is 4. The third-order valence-corrected chi connectivity index (χ3v) is 3.81. The summed E-state index contributed by atoms with van der Waals surface area (Å²) in [6.45, 7) is 2.88. The van der Waals surface area contributed by atoms with E-state index in [4.69, 9.17) is 5.73 Å². The molecule has 0 bridgehead atoms. The first-order valence-corrected chi connectivity index (χ1v) is 6.50. The predicted molar refractivity (Wildman–Crippen MR) is 73.7 cm³/mol. The number of rotatable bonds is 4. The molecule has 5 heteroatoms. The summed E-state index contributed by atoms with van der Waals surface area (Å²) in [5, 5.41) is 6.44. The van der Waals surface area contributed by atoms with Gasteiger partial charge in [0.05, 0.1) is 11.4 Å². The van der Waals surface area contributed by atoms with Crippen LogP contribution in [0.2, 0.25) is 0 Å². The van der Waals surface area contributed by atoms with E-state index in [0.29, 0.717) is 0 Å². The summed E-state index contributed by atoms with van der Waals surface area (Å²) < 4.78 is 1.85. The summed E-state index contributed by atoms with van der Waals surface area (Å²) in [5.41, 5.74) is 7.70. The van der Waals surface area contributed by atoms with E-state index in [2.05, 4.69) is 34.6 Å². The van der Waals surface area contributed by atoms with Crippen molar-refractivity contribution in [1.29, 1.82) is 0 Å². The molecule has 0 amide bonds. The zero-order valence-electron chi connectivity index (χ0n) is 10.5. The van der Waals surface area contributed by atoms with E-state index < -0.39 is 0 Å². The van der Waals surface area contributed by atoms with Crippen LogP contribution < -0.4 is 10.6 Å². The molecule has 2 N–H and O–H groups in total. The molecule has 17 heavy (non-hydrogen) atoms. The molecule has 0 saturated heterocycles. The molecule has 2 aromatic heterocycles. The molecule has 2 aromatic rings. The number of aryl methyl sites for hydroxylation is 2. The van der Waals surface area contributed by atoms with E-state index in [-0.39, 0.29) is 0 Å². The minimum absolute atomic E-state index is 0.779. The first-order valence-electron chi connectivity index (χ1n) is 5.62. The maximum absolute atomic E-state index is 6.03. The van der Waals surface area contributed by atoms with Crippen LogP contribution in [0.15, 0.2) is 17.5 Å². The van der Waals surface area contributed by atoms with Gasteiger partial charge in [-0.05, 0) is 24.8 Å². The van der Waals surface area contributed by atoms with Crippen LogP contribution in [0.1, 0.15) is 10.6 Å². The maximum atomic E-state index is 6.03. The van der Waals surface area contributed by atoms with Gasteiger partial charge in [0.15, 0.2) is 0 Å². The first kappa shape index (κ1) is 12.0. The van der Waals surface area contributed by atoms with Gasteiger partial charge < -0.3 is 10.6 Å². The number of likely N-dealkylation sites (N-methyl/N-ethyl adjacent to an activating group) is 1. The van der Waals surface area contributed by atoms with E-state index in [1.807, 2.05) is 18.7 Å².